The summed E-state index contributed by atoms with van der Waals surface area (Å²) in [6, 6.07) is 8.06. The van der Waals surface area contributed by atoms with Gasteiger partial charge in [0.25, 0.3) is 0 Å². The Morgan fingerprint density at radius 3 is 2.36 bits per heavy atom. The van der Waals surface area contributed by atoms with Crippen LogP contribution in [0.5, 0.6) is 0 Å². The van der Waals surface area contributed by atoms with Crippen molar-refractivity contribution in [2.24, 2.45) is 0 Å². The number of hydrogen-bond donors (Lipinski definition) is 0. The van der Waals surface area contributed by atoms with E-state index in [-0.39, 0.29) is 17.6 Å². The Kier molecular flexibility index (Phi) is 7.93. The standard InChI is InChI=1S/C30H37ClN6O2/c1-5-21-12-11-13-22(6-2)26(21)37-28-23(18-24(31)29(32-28)34-14-9-8-10-15-34)27(33-30(37)39)36-17-16-35(19-20(36)4)25(38)7-3/h7,11-13,18,20H,3,5-6,8-10,14-17,19H2,1-2,4H3/t20-/m0/s1. The number of pyridine rings is 1. The summed E-state index contributed by atoms with van der Waals surface area (Å²) in [5.41, 5.74) is 3.24. The van der Waals surface area contributed by atoms with Gasteiger partial charge in [0, 0.05) is 38.8 Å². The van der Waals surface area contributed by atoms with Gasteiger partial charge in [-0.2, -0.15) is 4.98 Å². The fraction of sp³-hybridized carbons (Fsp3) is 0.467. The molecular weight excluding hydrogens is 512 g/mol. The lowest BCUT2D eigenvalue weighted by Gasteiger charge is -2.40. The van der Waals surface area contributed by atoms with Gasteiger partial charge in [0.1, 0.15) is 11.6 Å². The number of carbonyl (C=O) groups is 1. The second-order valence-electron chi connectivity index (χ2n) is 10.4. The molecule has 5 rings (SSSR count). The Labute approximate surface area is 234 Å². The van der Waals surface area contributed by atoms with Gasteiger partial charge < -0.3 is 14.7 Å². The minimum atomic E-state index is -0.357. The highest BCUT2D eigenvalue weighted by atomic mass is 35.5. The highest BCUT2D eigenvalue weighted by Gasteiger charge is 2.30. The van der Waals surface area contributed by atoms with Gasteiger partial charge in [-0.1, -0.05) is 50.2 Å². The molecule has 8 nitrogen and oxygen atoms in total. The Bertz CT molecular complexity index is 1440. The van der Waals surface area contributed by atoms with E-state index < -0.39 is 0 Å². The fourth-order valence-electron chi connectivity index (χ4n) is 5.95. The average molecular weight is 549 g/mol. The van der Waals surface area contributed by atoms with Crippen molar-refractivity contribution < 1.29 is 4.79 Å². The van der Waals surface area contributed by atoms with E-state index in [1.165, 1.54) is 12.5 Å². The zero-order chi connectivity index (χ0) is 27.7. The fourth-order valence-corrected chi connectivity index (χ4v) is 6.22. The molecule has 2 fully saturated rings. The molecule has 0 unspecified atom stereocenters. The lowest BCUT2D eigenvalue weighted by Crippen LogP contribution is -2.54. The highest BCUT2D eigenvalue weighted by Crippen LogP contribution is 2.35. The molecule has 0 N–H and O–H groups in total. The number of para-hydroxylation sites is 1. The van der Waals surface area contributed by atoms with Crippen LogP contribution >= 0.6 is 11.6 Å². The maximum atomic E-state index is 14.0. The molecule has 4 heterocycles. The number of benzene rings is 1. The molecule has 3 aromatic rings. The summed E-state index contributed by atoms with van der Waals surface area (Å²) in [6.45, 7) is 13.2. The van der Waals surface area contributed by atoms with Crippen LogP contribution in [0.25, 0.3) is 16.7 Å². The Hall–Kier alpha value is -3.39. The molecule has 39 heavy (non-hydrogen) atoms. The molecule has 9 heteroatoms. The Balaban J connectivity index is 1.75. The number of rotatable bonds is 6. The van der Waals surface area contributed by atoms with Crippen molar-refractivity contribution in [3.63, 3.8) is 0 Å². The third-order valence-electron chi connectivity index (χ3n) is 8.01. The summed E-state index contributed by atoms with van der Waals surface area (Å²) in [5.74, 6) is 1.20. The number of hydrogen-bond acceptors (Lipinski definition) is 6. The maximum absolute atomic E-state index is 14.0. The smallest absolute Gasteiger partial charge is 0.355 e. The summed E-state index contributed by atoms with van der Waals surface area (Å²) in [5, 5.41) is 1.30. The van der Waals surface area contributed by atoms with Crippen LogP contribution in [0, 0.1) is 0 Å². The van der Waals surface area contributed by atoms with E-state index in [1.54, 1.807) is 9.47 Å². The highest BCUT2D eigenvalue weighted by molar-refractivity contribution is 6.33. The molecule has 2 aromatic heterocycles. The van der Waals surface area contributed by atoms with Gasteiger partial charge in [-0.25, -0.2) is 14.3 Å². The van der Waals surface area contributed by atoms with Gasteiger partial charge in [0.2, 0.25) is 5.91 Å². The third kappa shape index (κ3) is 5.02. The number of halogens is 1. The number of aromatic nitrogens is 3. The second kappa shape index (κ2) is 11.4. The second-order valence-corrected chi connectivity index (χ2v) is 10.8. The van der Waals surface area contributed by atoms with Gasteiger partial charge in [-0.05, 0) is 62.3 Å². The molecule has 0 aliphatic carbocycles. The van der Waals surface area contributed by atoms with Crippen LogP contribution in [-0.2, 0) is 17.6 Å². The summed E-state index contributed by atoms with van der Waals surface area (Å²) < 4.78 is 1.70. The summed E-state index contributed by atoms with van der Waals surface area (Å²) in [4.78, 5) is 42.2. The number of anilines is 2. The van der Waals surface area contributed by atoms with Crippen LogP contribution in [0.4, 0.5) is 11.6 Å². The largest absolute Gasteiger partial charge is 0.355 e. The van der Waals surface area contributed by atoms with Crippen molar-refractivity contribution in [1.29, 1.82) is 0 Å². The van der Waals surface area contributed by atoms with Crippen molar-refractivity contribution in [1.82, 2.24) is 19.4 Å². The predicted molar refractivity (Wildman–Crippen MR) is 159 cm³/mol. The van der Waals surface area contributed by atoms with E-state index in [4.69, 9.17) is 16.6 Å². The van der Waals surface area contributed by atoms with E-state index in [0.29, 0.717) is 36.1 Å². The van der Waals surface area contributed by atoms with Crippen molar-refractivity contribution in [3.8, 4) is 5.69 Å². The normalized spacial score (nSPS) is 18.1. The average Bonchev–Trinajstić information content (AvgIpc) is 2.96. The van der Waals surface area contributed by atoms with Crippen LogP contribution in [0.15, 0.2) is 41.7 Å². The number of piperazine rings is 1. The number of nitrogens with zero attached hydrogens (tertiary/aromatic N) is 6. The van der Waals surface area contributed by atoms with E-state index in [1.807, 2.05) is 19.1 Å². The van der Waals surface area contributed by atoms with Gasteiger partial charge in [0.05, 0.1) is 16.1 Å². The van der Waals surface area contributed by atoms with Crippen molar-refractivity contribution >= 4 is 40.2 Å². The minimum Gasteiger partial charge on any atom is -0.355 e. The number of amides is 1. The zero-order valence-corrected chi connectivity index (χ0v) is 23.9. The van der Waals surface area contributed by atoms with Gasteiger partial charge in [0.15, 0.2) is 5.65 Å². The molecule has 0 bridgehead atoms. The van der Waals surface area contributed by atoms with Gasteiger partial charge >= 0.3 is 5.69 Å². The molecule has 2 aliphatic rings. The lowest BCUT2D eigenvalue weighted by molar-refractivity contribution is -0.126. The van der Waals surface area contributed by atoms with Crippen LogP contribution < -0.4 is 15.5 Å². The number of fused-ring (bicyclic) bond motifs is 1. The molecule has 206 valence electrons. The Morgan fingerprint density at radius 1 is 1.05 bits per heavy atom. The van der Waals surface area contributed by atoms with Gasteiger partial charge in [-0.3, -0.25) is 4.79 Å². The summed E-state index contributed by atoms with van der Waals surface area (Å²) in [7, 11) is 0. The Morgan fingerprint density at radius 2 is 1.74 bits per heavy atom. The first-order chi connectivity index (χ1) is 18.9. The molecule has 2 aliphatic heterocycles. The van der Waals surface area contributed by atoms with E-state index in [2.05, 4.69) is 47.3 Å². The van der Waals surface area contributed by atoms with Gasteiger partial charge in [-0.15, -0.1) is 0 Å². The molecular formula is C30H37ClN6O2. The third-order valence-corrected chi connectivity index (χ3v) is 8.29. The number of carbonyl (C=O) groups excluding carboxylic acids is 1. The molecule has 0 saturated carbocycles. The molecule has 1 amide bonds. The molecule has 1 atom stereocenters. The van der Waals surface area contributed by atoms with Crippen molar-refractivity contribution in [2.45, 2.75) is 58.9 Å². The summed E-state index contributed by atoms with van der Waals surface area (Å²) in [6.07, 6.45) is 6.29. The summed E-state index contributed by atoms with van der Waals surface area (Å²) >= 11 is 6.92. The number of aryl methyl sites for hydroxylation is 2. The van der Waals surface area contributed by atoms with Crippen LogP contribution in [0.3, 0.4) is 0 Å². The SMILES string of the molecule is C=CC(=O)N1CCN(c2nc(=O)n(-c3c(CC)cccc3CC)c3nc(N4CCCCC4)c(Cl)cc23)[C@@H](C)C1. The first kappa shape index (κ1) is 27.2. The quantitative estimate of drug-likeness (QED) is 0.413. The van der Waals surface area contributed by atoms with Crippen molar-refractivity contribution in [3.05, 3.63) is 63.6 Å². The molecule has 2 saturated heterocycles. The zero-order valence-electron chi connectivity index (χ0n) is 23.1. The van der Waals surface area contributed by atoms with Crippen molar-refractivity contribution in [2.75, 3.05) is 42.5 Å². The maximum Gasteiger partial charge on any atom is 0.355 e. The lowest BCUT2D eigenvalue weighted by atomic mass is 10.0. The molecule has 0 radical (unpaired) electrons. The van der Waals surface area contributed by atoms with E-state index in [9.17, 15) is 9.59 Å². The predicted octanol–water partition coefficient (Wildman–Crippen LogP) is 4.77. The van der Waals surface area contributed by atoms with Crippen LogP contribution in [0.1, 0.15) is 51.2 Å². The van der Waals surface area contributed by atoms with E-state index in [0.717, 1.165) is 66.8 Å². The first-order valence-corrected chi connectivity index (χ1v) is 14.4. The minimum absolute atomic E-state index is 0.0525. The number of piperidine rings is 1. The van der Waals surface area contributed by atoms with E-state index >= 15 is 0 Å². The topological polar surface area (TPSA) is 74.6 Å². The monoisotopic (exact) mass is 548 g/mol. The first-order valence-electron chi connectivity index (χ1n) is 14.0. The molecule has 0 spiro atoms. The van der Waals surface area contributed by atoms with Crippen LogP contribution in [-0.4, -0.2) is 64.1 Å². The van der Waals surface area contributed by atoms with Crippen LogP contribution in [0.2, 0.25) is 5.02 Å². The molecule has 1 aromatic carbocycles.